The molecule has 4 rings (SSSR count). The molecule has 1 aromatic heterocycles. The van der Waals surface area contributed by atoms with E-state index in [0.717, 1.165) is 46.6 Å². The minimum absolute atomic E-state index is 0.0252. The van der Waals surface area contributed by atoms with Crippen LogP contribution in [0.5, 0.6) is 5.75 Å². The summed E-state index contributed by atoms with van der Waals surface area (Å²) in [6.07, 6.45) is 1.55. The third kappa shape index (κ3) is 3.03. The summed E-state index contributed by atoms with van der Waals surface area (Å²) in [5, 5.41) is 0. The molecule has 0 saturated heterocycles. The van der Waals surface area contributed by atoms with Gasteiger partial charge in [0, 0.05) is 32.3 Å². The van der Waals surface area contributed by atoms with Gasteiger partial charge in [0.2, 0.25) is 0 Å². The van der Waals surface area contributed by atoms with Crippen LogP contribution in [-0.4, -0.2) is 41.6 Å². The highest BCUT2D eigenvalue weighted by atomic mass is 16.5. The topological polar surface area (TPSA) is 56.6 Å². The molecule has 6 nitrogen and oxygen atoms in total. The summed E-state index contributed by atoms with van der Waals surface area (Å²) in [7, 11) is 5.19. The number of hydrogen-bond donors (Lipinski definition) is 0. The van der Waals surface area contributed by atoms with Crippen LogP contribution in [0.3, 0.4) is 0 Å². The second-order valence-corrected chi connectivity index (χ2v) is 7.36. The van der Waals surface area contributed by atoms with Crippen LogP contribution in [0.2, 0.25) is 0 Å². The van der Waals surface area contributed by atoms with Gasteiger partial charge in [-0.1, -0.05) is 30.3 Å². The van der Waals surface area contributed by atoms with Gasteiger partial charge in [0.1, 0.15) is 24.2 Å². The lowest BCUT2D eigenvalue weighted by Gasteiger charge is -2.28. The van der Waals surface area contributed by atoms with Gasteiger partial charge < -0.3 is 18.9 Å². The Labute approximate surface area is 164 Å². The molecule has 1 amide bonds. The molecule has 28 heavy (non-hydrogen) atoms. The van der Waals surface area contributed by atoms with Gasteiger partial charge in [-0.25, -0.2) is 4.98 Å². The van der Waals surface area contributed by atoms with Crippen molar-refractivity contribution in [1.82, 2.24) is 14.5 Å². The first-order valence-corrected chi connectivity index (χ1v) is 9.46. The normalized spacial score (nSPS) is 15.9. The molecule has 0 radical (unpaired) electrons. The van der Waals surface area contributed by atoms with Gasteiger partial charge in [-0.2, -0.15) is 0 Å². The number of aryl methyl sites for hydroxylation is 1. The van der Waals surface area contributed by atoms with E-state index in [1.807, 2.05) is 35.8 Å². The average molecular weight is 379 g/mol. The molecule has 1 unspecified atom stereocenters. The molecule has 6 heteroatoms. The van der Waals surface area contributed by atoms with Crippen molar-refractivity contribution in [3.05, 3.63) is 58.9 Å². The van der Waals surface area contributed by atoms with Crippen LogP contribution in [0, 0.1) is 6.92 Å². The molecule has 2 heterocycles. The van der Waals surface area contributed by atoms with Gasteiger partial charge >= 0.3 is 0 Å². The second kappa shape index (κ2) is 7.28. The van der Waals surface area contributed by atoms with Crippen molar-refractivity contribution in [2.75, 3.05) is 21.2 Å². The molecular formula is C22H25N3O3. The van der Waals surface area contributed by atoms with Crippen molar-refractivity contribution >= 4 is 16.9 Å². The van der Waals surface area contributed by atoms with E-state index in [4.69, 9.17) is 14.5 Å². The molecular weight excluding hydrogens is 354 g/mol. The fourth-order valence-electron chi connectivity index (χ4n) is 3.86. The first-order valence-electron chi connectivity index (χ1n) is 9.46. The first kappa shape index (κ1) is 18.5. The molecule has 2 aromatic carbocycles. The summed E-state index contributed by atoms with van der Waals surface area (Å²) < 4.78 is 13.8. The lowest BCUT2D eigenvalue weighted by Crippen LogP contribution is -2.25. The minimum Gasteiger partial charge on any atom is -0.483 e. The lowest BCUT2D eigenvalue weighted by molar-refractivity contribution is 0.0823. The van der Waals surface area contributed by atoms with E-state index < -0.39 is 0 Å². The summed E-state index contributed by atoms with van der Waals surface area (Å²) in [5.41, 5.74) is 4.41. The van der Waals surface area contributed by atoms with E-state index in [1.165, 1.54) is 0 Å². The SMILES string of the molecule is COCn1c(C)nc2c3c(c(C(=O)N(C)C)cc21)CCC(c1ccccc1)O3. The third-order valence-electron chi connectivity index (χ3n) is 5.28. The van der Waals surface area contributed by atoms with Crippen molar-refractivity contribution < 1.29 is 14.3 Å². The van der Waals surface area contributed by atoms with Gasteiger partial charge in [-0.3, -0.25) is 4.79 Å². The third-order valence-corrected chi connectivity index (χ3v) is 5.28. The Balaban J connectivity index is 1.91. The predicted molar refractivity (Wildman–Crippen MR) is 108 cm³/mol. The van der Waals surface area contributed by atoms with Crippen molar-refractivity contribution in [3.63, 3.8) is 0 Å². The number of methoxy groups -OCH3 is 1. The zero-order valence-electron chi connectivity index (χ0n) is 16.7. The number of benzene rings is 2. The van der Waals surface area contributed by atoms with Crippen LogP contribution in [0.4, 0.5) is 0 Å². The Morgan fingerprint density at radius 1 is 1.32 bits per heavy atom. The zero-order chi connectivity index (χ0) is 19.8. The number of aromatic nitrogens is 2. The number of nitrogens with zero attached hydrogens (tertiary/aromatic N) is 3. The molecule has 0 N–H and O–H groups in total. The highest BCUT2D eigenvalue weighted by Crippen LogP contribution is 2.42. The number of amides is 1. The predicted octanol–water partition coefficient (Wildman–Crippen LogP) is 3.72. The molecule has 1 aliphatic rings. The van der Waals surface area contributed by atoms with Gasteiger partial charge in [-0.05, 0) is 31.4 Å². The summed E-state index contributed by atoms with van der Waals surface area (Å²) in [6, 6.07) is 12.1. The molecule has 146 valence electrons. The molecule has 0 bridgehead atoms. The van der Waals surface area contributed by atoms with Crippen molar-refractivity contribution in [2.24, 2.45) is 0 Å². The Hall–Kier alpha value is -2.86. The highest BCUT2D eigenvalue weighted by Gasteiger charge is 2.30. The number of hydrogen-bond acceptors (Lipinski definition) is 4. The summed E-state index contributed by atoms with van der Waals surface area (Å²) in [4.78, 5) is 19.3. The molecule has 0 saturated carbocycles. The molecule has 0 aliphatic carbocycles. The van der Waals surface area contributed by atoms with E-state index in [1.54, 1.807) is 26.1 Å². The van der Waals surface area contributed by atoms with E-state index in [0.29, 0.717) is 12.3 Å². The Morgan fingerprint density at radius 3 is 2.75 bits per heavy atom. The van der Waals surface area contributed by atoms with Gasteiger partial charge in [0.15, 0.2) is 5.75 Å². The maximum atomic E-state index is 12.9. The number of fused-ring (bicyclic) bond motifs is 3. The van der Waals surface area contributed by atoms with Crippen LogP contribution in [0.15, 0.2) is 36.4 Å². The van der Waals surface area contributed by atoms with Crippen LogP contribution in [0.25, 0.3) is 11.0 Å². The number of carbonyl (C=O) groups is 1. The zero-order valence-corrected chi connectivity index (χ0v) is 16.7. The smallest absolute Gasteiger partial charge is 0.253 e. The van der Waals surface area contributed by atoms with Crippen LogP contribution in [-0.2, 0) is 17.9 Å². The first-order chi connectivity index (χ1) is 13.5. The number of rotatable bonds is 4. The van der Waals surface area contributed by atoms with E-state index in [-0.39, 0.29) is 12.0 Å². The highest BCUT2D eigenvalue weighted by molar-refractivity contribution is 6.01. The second-order valence-electron chi connectivity index (χ2n) is 7.36. The number of carbonyl (C=O) groups excluding carboxylic acids is 1. The molecule has 1 aliphatic heterocycles. The van der Waals surface area contributed by atoms with Crippen molar-refractivity contribution in [2.45, 2.75) is 32.6 Å². The van der Waals surface area contributed by atoms with Crippen LogP contribution < -0.4 is 4.74 Å². The van der Waals surface area contributed by atoms with Gasteiger partial charge in [0.05, 0.1) is 5.52 Å². The molecule has 0 spiro atoms. The fraction of sp³-hybridized carbons (Fsp3) is 0.364. The molecule has 3 aromatic rings. The van der Waals surface area contributed by atoms with Gasteiger partial charge in [0.25, 0.3) is 5.91 Å². The van der Waals surface area contributed by atoms with Crippen molar-refractivity contribution in [3.8, 4) is 5.75 Å². The summed E-state index contributed by atoms with van der Waals surface area (Å²) in [5.74, 6) is 1.53. The number of ether oxygens (including phenoxy) is 2. The largest absolute Gasteiger partial charge is 0.483 e. The van der Waals surface area contributed by atoms with Crippen LogP contribution in [0.1, 0.15) is 39.8 Å². The quantitative estimate of drug-likeness (QED) is 0.693. The fourth-order valence-corrected chi connectivity index (χ4v) is 3.86. The Morgan fingerprint density at radius 2 is 2.07 bits per heavy atom. The monoisotopic (exact) mass is 379 g/mol. The standard InChI is InChI=1S/C22H25N3O3/c1-14-23-20-18(25(14)13-27-4)12-17(22(26)24(2)3)16-10-11-19(28-21(16)20)15-8-6-5-7-9-15/h5-9,12,19H,10-11,13H2,1-4H3. The maximum absolute atomic E-state index is 12.9. The average Bonchev–Trinajstić information content (AvgIpc) is 3.03. The lowest BCUT2D eigenvalue weighted by atomic mass is 9.93. The van der Waals surface area contributed by atoms with Crippen molar-refractivity contribution in [1.29, 1.82) is 0 Å². The Kier molecular flexibility index (Phi) is 4.81. The van der Waals surface area contributed by atoms with E-state index >= 15 is 0 Å². The molecule has 1 atom stereocenters. The Bertz CT molecular complexity index is 1020. The maximum Gasteiger partial charge on any atom is 0.253 e. The summed E-state index contributed by atoms with van der Waals surface area (Å²) >= 11 is 0. The summed E-state index contributed by atoms with van der Waals surface area (Å²) in [6.45, 7) is 2.31. The van der Waals surface area contributed by atoms with E-state index in [9.17, 15) is 4.79 Å². The van der Waals surface area contributed by atoms with Gasteiger partial charge in [-0.15, -0.1) is 0 Å². The minimum atomic E-state index is -0.0468. The number of imidazole rings is 1. The molecule has 0 fully saturated rings. The van der Waals surface area contributed by atoms with Crippen LogP contribution >= 0.6 is 0 Å². The van der Waals surface area contributed by atoms with E-state index in [2.05, 4.69) is 12.1 Å².